The quantitative estimate of drug-likeness (QED) is 0.682. The summed E-state index contributed by atoms with van der Waals surface area (Å²) in [6.07, 6.45) is -10.3. The average molecular weight is 437 g/mol. The number of alkyl halides is 6. The van der Waals surface area contributed by atoms with Crippen molar-refractivity contribution in [3.63, 3.8) is 0 Å². The highest BCUT2D eigenvalue weighted by Crippen LogP contribution is 2.32. The van der Waals surface area contributed by atoms with Gasteiger partial charge in [0.2, 0.25) is 5.91 Å². The van der Waals surface area contributed by atoms with E-state index in [4.69, 9.17) is 0 Å². The summed E-state index contributed by atoms with van der Waals surface area (Å²) in [5, 5.41) is 6.20. The highest BCUT2D eigenvalue weighted by molar-refractivity contribution is 5.85. The number of carbonyl (C=O) groups is 1. The van der Waals surface area contributed by atoms with Gasteiger partial charge in [-0.2, -0.15) is 31.4 Å². The van der Waals surface area contributed by atoms with Crippen LogP contribution in [0, 0.1) is 0 Å². The van der Waals surface area contributed by atoms with Gasteiger partial charge in [0.15, 0.2) is 0 Å². The SMILES string of the molecule is CC[C@@H](CC(F)(F)F)NC(=O)Cn1nc(C(C)C)c2cc(C(F)(F)F)ccc2c1=O. The fourth-order valence-electron chi connectivity index (χ4n) is 3.01. The van der Waals surface area contributed by atoms with Gasteiger partial charge in [-0.05, 0) is 30.5 Å². The van der Waals surface area contributed by atoms with Crippen LogP contribution < -0.4 is 10.9 Å². The van der Waals surface area contributed by atoms with Crippen molar-refractivity contribution < 1.29 is 31.1 Å². The largest absolute Gasteiger partial charge is 0.416 e. The molecule has 1 amide bonds. The van der Waals surface area contributed by atoms with E-state index in [0.29, 0.717) is 0 Å². The predicted octanol–water partition coefficient (Wildman–Crippen LogP) is 4.39. The van der Waals surface area contributed by atoms with Crippen molar-refractivity contribution in [2.75, 3.05) is 0 Å². The third-order valence-electron chi connectivity index (χ3n) is 4.49. The summed E-state index contributed by atoms with van der Waals surface area (Å²) in [4.78, 5) is 24.8. The Labute approximate surface area is 168 Å². The number of halogens is 6. The number of amides is 1. The molecule has 5 nitrogen and oxygen atoms in total. The molecule has 0 saturated carbocycles. The van der Waals surface area contributed by atoms with Crippen molar-refractivity contribution in [2.24, 2.45) is 0 Å². The zero-order chi connectivity index (χ0) is 22.9. The second kappa shape index (κ2) is 8.65. The maximum Gasteiger partial charge on any atom is 0.416 e. The maximum atomic E-state index is 13.0. The van der Waals surface area contributed by atoms with E-state index < -0.39 is 48.4 Å². The summed E-state index contributed by atoms with van der Waals surface area (Å²) in [6, 6.07) is 1.45. The van der Waals surface area contributed by atoms with E-state index in [0.717, 1.165) is 22.9 Å². The van der Waals surface area contributed by atoms with Crippen molar-refractivity contribution in [2.45, 2.75) is 64.5 Å². The molecule has 1 atom stereocenters. The molecular formula is C19H21F6N3O2. The molecule has 0 fully saturated rings. The van der Waals surface area contributed by atoms with Crippen LogP contribution in [0.15, 0.2) is 23.0 Å². The van der Waals surface area contributed by atoms with Gasteiger partial charge >= 0.3 is 12.4 Å². The predicted molar refractivity (Wildman–Crippen MR) is 98.0 cm³/mol. The molecule has 1 N–H and O–H groups in total. The average Bonchev–Trinajstić information content (AvgIpc) is 2.60. The summed E-state index contributed by atoms with van der Waals surface area (Å²) in [5.74, 6) is -1.22. The highest BCUT2D eigenvalue weighted by atomic mass is 19.4. The Balaban J connectivity index is 2.42. The fourth-order valence-corrected chi connectivity index (χ4v) is 3.01. The zero-order valence-electron chi connectivity index (χ0n) is 16.5. The molecule has 0 saturated heterocycles. The van der Waals surface area contributed by atoms with E-state index in [9.17, 15) is 35.9 Å². The third kappa shape index (κ3) is 5.73. The normalized spacial score (nSPS) is 13.7. The number of aromatic nitrogens is 2. The lowest BCUT2D eigenvalue weighted by molar-refractivity contribution is -0.143. The number of carbonyl (C=O) groups excluding carboxylic acids is 1. The first kappa shape index (κ1) is 23.7. The van der Waals surface area contributed by atoms with Gasteiger partial charge in [-0.25, -0.2) is 4.68 Å². The molecule has 1 aromatic heterocycles. The van der Waals surface area contributed by atoms with E-state index in [1.54, 1.807) is 13.8 Å². The van der Waals surface area contributed by atoms with Gasteiger partial charge in [0, 0.05) is 11.4 Å². The van der Waals surface area contributed by atoms with Crippen LogP contribution >= 0.6 is 0 Å². The second-order valence-electron chi connectivity index (χ2n) is 7.25. The topological polar surface area (TPSA) is 64.0 Å². The van der Waals surface area contributed by atoms with Crippen LogP contribution in [0.4, 0.5) is 26.3 Å². The minimum atomic E-state index is -4.61. The smallest absolute Gasteiger partial charge is 0.351 e. The van der Waals surface area contributed by atoms with Gasteiger partial charge < -0.3 is 5.32 Å². The first-order chi connectivity index (χ1) is 13.7. The summed E-state index contributed by atoms with van der Waals surface area (Å²) in [7, 11) is 0. The van der Waals surface area contributed by atoms with Crippen LogP contribution in [0.5, 0.6) is 0 Å². The number of rotatable bonds is 6. The molecule has 1 aromatic carbocycles. The molecule has 0 aliphatic carbocycles. The molecule has 2 aromatic rings. The lowest BCUT2D eigenvalue weighted by atomic mass is 10.0. The molecule has 0 unspecified atom stereocenters. The molecule has 1 heterocycles. The standard InChI is InChI=1S/C19H21F6N3O2/c1-4-12(8-18(20,21)22)26-15(29)9-28-17(30)13-6-5-11(19(23,24)25)7-14(13)16(27-28)10(2)3/h5-7,10,12H,4,8-9H2,1-3H3,(H,26,29)/t12-/m0/s1. The Bertz CT molecular complexity index is 979. The van der Waals surface area contributed by atoms with Crippen molar-refractivity contribution in [1.29, 1.82) is 0 Å². The summed E-state index contributed by atoms with van der Waals surface area (Å²) in [5.41, 5.74) is -1.57. The van der Waals surface area contributed by atoms with Gasteiger partial charge in [0.1, 0.15) is 6.54 Å². The van der Waals surface area contributed by atoms with Crippen molar-refractivity contribution >= 4 is 16.7 Å². The Morgan fingerprint density at radius 2 is 1.77 bits per heavy atom. The van der Waals surface area contributed by atoms with E-state index in [1.807, 2.05) is 0 Å². The monoisotopic (exact) mass is 437 g/mol. The van der Waals surface area contributed by atoms with Gasteiger partial charge in [-0.15, -0.1) is 0 Å². The van der Waals surface area contributed by atoms with Crippen LogP contribution in [-0.2, 0) is 17.5 Å². The number of hydrogen-bond acceptors (Lipinski definition) is 3. The van der Waals surface area contributed by atoms with E-state index in [1.165, 1.54) is 6.92 Å². The summed E-state index contributed by atoms with van der Waals surface area (Å²) in [6.45, 7) is 4.15. The van der Waals surface area contributed by atoms with Crippen LogP contribution in [0.2, 0.25) is 0 Å². The van der Waals surface area contributed by atoms with Crippen LogP contribution in [0.25, 0.3) is 10.8 Å². The summed E-state index contributed by atoms with van der Waals surface area (Å²) >= 11 is 0. The molecule has 166 valence electrons. The van der Waals surface area contributed by atoms with Gasteiger partial charge in [-0.3, -0.25) is 9.59 Å². The number of hydrogen-bond donors (Lipinski definition) is 1. The molecule has 0 aliphatic rings. The molecular weight excluding hydrogens is 416 g/mol. The fraction of sp³-hybridized carbons (Fsp3) is 0.526. The van der Waals surface area contributed by atoms with Crippen molar-refractivity contribution in [3.8, 4) is 0 Å². The third-order valence-corrected chi connectivity index (χ3v) is 4.49. The first-order valence-electron chi connectivity index (χ1n) is 9.21. The molecule has 2 rings (SSSR count). The molecule has 0 radical (unpaired) electrons. The number of fused-ring (bicyclic) bond motifs is 1. The van der Waals surface area contributed by atoms with E-state index >= 15 is 0 Å². The van der Waals surface area contributed by atoms with Crippen LogP contribution in [0.3, 0.4) is 0 Å². The molecule has 0 spiro atoms. The van der Waals surface area contributed by atoms with Crippen molar-refractivity contribution in [1.82, 2.24) is 15.1 Å². The number of nitrogens with one attached hydrogen (secondary N) is 1. The lowest BCUT2D eigenvalue weighted by Gasteiger charge is -2.19. The molecule has 0 bridgehead atoms. The Kier molecular flexibility index (Phi) is 6.83. The Hall–Kier alpha value is -2.59. The molecule has 11 heteroatoms. The Morgan fingerprint density at radius 3 is 2.27 bits per heavy atom. The van der Waals surface area contributed by atoms with E-state index in [-0.39, 0.29) is 28.8 Å². The second-order valence-corrected chi connectivity index (χ2v) is 7.25. The lowest BCUT2D eigenvalue weighted by Crippen LogP contribution is -2.41. The zero-order valence-corrected chi connectivity index (χ0v) is 16.5. The van der Waals surface area contributed by atoms with Gasteiger partial charge in [0.05, 0.1) is 23.1 Å². The van der Waals surface area contributed by atoms with Crippen LogP contribution in [-0.4, -0.2) is 27.9 Å². The molecule has 30 heavy (non-hydrogen) atoms. The Morgan fingerprint density at radius 1 is 1.13 bits per heavy atom. The van der Waals surface area contributed by atoms with Crippen molar-refractivity contribution in [3.05, 3.63) is 39.8 Å². The highest BCUT2D eigenvalue weighted by Gasteiger charge is 2.33. The van der Waals surface area contributed by atoms with Crippen LogP contribution in [0.1, 0.15) is 50.8 Å². The summed E-state index contributed by atoms with van der Waals surface area (Å²) < 4.78 is 77.6. The van der Waals surface area contributed by atoms with Gasteiger partial charge in [-0.1, -0.05) is 20.8 Å². The minimum absolute atomic E-state index is 0.0185. The molecule has 0 aliphatic heterocycles. The number of benzene rings is 1. The van der Waals surface area contributed by atoms with Gasteiger partial charge in [0.25, 0.3) is 5.56 Å². The number of nitrogens with zero attached hydrogens (tertiary/aromatic N) is 2. The maximum absolute atomic E-state index is 13.0. The first-order valence-corrected chi connectivity index (χ1v) is 9.21. The minimum Gasteiger partial charge on any atom is -0.351 e. The van der Waals surface area contributed by atoms with E-state index in [2.05, 4.69) is 10.4 Å².